The highest BCUT2D eigenvalue weighted by atomic mass is 16.5. The number of carboxylic acids is 1. The van der Waals surface area contributed by atoms with E-state index in [4.69, 9.17) is 14.6 Å². The Balaban J connectivity index is 1.42. The molecular weight excluding hydrogens is 366 g/mol. The number of aliphatic carboxylic acids is 1. The second kappa shape index (κ2) is 7.59. The highest BCUT2D eigenvalue weighted by Crippen LogP contribution is 2.35. The molecule has 0 spiro atoms. The normalized spacial score (nSPS) is 18.8. The maximum absolute atomic E-state index is 11.1. The van der Waals surface area contributed by atoms with E-state index in [-0.39, 0.29) is 5.92 Å². The minimum absolute atomic E-state index is 0.238. The van der Waals surface area contributed by atoms with Crippen molar-refractivity contribution in [1.82, 2.24) is 15.0 Å². The second-order valence-electron chi connectivity index (χ2n) is 8.34. The van der Waals surface area contributed by atoms with E-state index >= 15 is 0 Å². The van der Waals surface area contributed by atoms with E-state index in [2.05, 4.69) is 34.3 Å². The van der Waals surface area contributed by atoms with Gasteiger partial charge in [0.05, 0.1) is 5.92 Å². The summed E-state index contributed by atoms with van der Waals surface area (Å²) >= 11 is 0. The van der Waals surface area contributed by atoms with Crippen molar-refractivity contribution in [3.05, 3.63) is 47.9 Å². The second-order valence-corrected chi connectivity index (χ2v) is 8.34. The number of carboxylic acid groups (broad SMARTS) is 1. The van der Waals surface area contributed by atoms with Crippen LogP contribution in [-0.4, -0.2) is 39.2 Å². The number of aromatic nitrogens is 2. The van der Waals surface area contributed by atoms with Crippen LogP contribution in [0.3, 0.4) is 0 Å². The first-order valence-electron chi connectivity index (χ1n) is 10.5. The van der Waals surface area contributed by atoms with Crippen molar-refractivity contribution in [3.8, 4) is 11.4 Å². The Labute approximate surface area is 169 Å². The molecule has 1 aliphatic heterocycles. The topological polar surface area (TPSA) is 79.5 Å². The van der Waals surface area contributed by atoms with Gasteiger partial charge in [-0.3, -0.25) is 9.69 Å². The molecule has 0 atom stereocenters. The molecule has 6 nitrogen and oxygen atoms in total. The summed E-state index contributed by atoms with van der Waals surface area (Å²) in [6, 6.07) is 12.5. The van der Waals surface area contributed by atoms with Gasteiger partial charge in [-0.05, 0) is 29.2 Å². The number of fused-ring (bicyclic) bond motifs is 1. The molecule has 150 valence electrons. The number of hydrogen-bond acceptors (Lipinski definition) is 5. The first kappa shape index (κ1) is 18.3. The minimum atomic E-state index is -0.702. The zero-order valence-corrected chi connectivity index (χ0v) is 16.4. The van der Waals surface area contributed by atoms with Gasteiger partial charge < -0.3 is 9.63 Å². The lowest BCUT2D eigenvalue weighted by Crippen LogP contribution is -2.49. The third-order valence-electron chi connectivity index (χ3n) is 6.35. The molecule has 2 aliphatic rings. The lowest BCUT2D eigenvalue weighted by molar-refractivity contribution is -0.147. The van der Waals surface area contributed by atoms with Crippen LogP contribution in [0.2, 0.25) is 0 Å². The van der Waals surface area contributed by atoms with Crippen molar-refractivity contribution in [2.45, 2.75) is 44.6 Å². The van der Waals surface area contributed by atoms with Crippen LogP contribution >= 0.6 is 0 Å². The summed E-state index contributed by atoms with van der Waals surface area (Å²) in [6.45, 7) is 1.98. The Bertz CT molecular complexity index is 1030. The van der Waals surface area contributed by atoms with Gasteiger partial charge >= 0.3 is 5.97 Å². The van der Waals surface area contributed by atoms with Crippen LogP contribution in [0, 0.1) is 5.92 Å². The first-order chi connectivity index (χ1) is 14.2. The van der Waals surface area contributed by atoms with Crippen LogP contribution < -0.4 is 0 Å². The van der Waals surface area contributed by atoms with Gasteiger partial charge in [-0.2, -0.15) is 4.98 Å². The molecule has 5 rings (SSSR count). The summed E-state index contributed by atoms with van der Waals surface area (Å²) in [4.78, 5) is 18.0. The average Bonchev–Trinajstić information content (AvgIpc) is 3.20. The summed E-state index contributed by atoms with van der Waals surface area (Å²) in [7, 11) is 0. The summed E-state index contributed by atoms with van der Waals surface area (Å²) in [5, 5.41) is 15.7. The Morgan fingerprint density at radius 3 is 2.59 bits per heavy atom. The maximum Gasteiger partial charge on any atom is 0.309 e. The van der Waals surface area contributed by atoms with Gasteiger partial charge in [0.25, 0.3) is 0 Å². The third kappa shape index (κ3) is 3.53. The maximum atomic E-state index is 11.1. The van der Waals surface area contributed by atoms with Crippen LogP contribution in [0.25, 0.3) is 22.2 Å². The molecule has 2 fully saturated rings. The largest absolute Gasteiger partial charge is 0.481 e. The minimum Gasteiger partial charge on any atom is -0.481 e. The fourth-order valence-electron chi connectivity index (χ4n) is 4.65. The van der Waals surface area contributed by atoms with Gasteiger partial charge in [0.2, 0.25) is 11.7 Å². The van der Waals surface area contributed by atoms with Crippen LogP contribution in [0.15, 0.2) is 40.9 Å². The number of hydrogen-bond donors (Lipinski definition) is 1. The predicted molar refractivity (Wildman–Crippen MR) is 109 cm³/mol. The lowest BCUT2D eigenvalue weighted by atomic mass is 9.89. The summed E-state index contributed by atoms with van der Waals surface area (Å²) in [6.07, 6.45) is 6.04. The number of nitrogens with zero attached hydrogens (tertiary/aromatic N) is 3. The van der Waals surface area contributed by atoms with E-state index in [9.17, 15) is 4.79 Å². The number of rotatable bonds is 5. The number of benzene rings is 2. The molecule has 0 amide bonds. The Morgan fingerprint density at radius 2 is 1.83 bits per heavy atom. The molecule has 2 aromatic carbocycles. The molecule has 1 N–H and O–H groups in total. The summed E-state index contributed by atoms with van der Waals surface area (Å²) in [5.74, 6) is 0.880. The summed E-state index contributed by atoms with van der Waals surface area (Å²) in [5.41, 5.74) is 2.19. The molecule has 1 saturated heterocycles. The predicted octanol–water partition coefficient (Wildman–Crippen LogP) is 4.45. The summed E-state index contributed by atoms with van der Waals surface area (Å²) < 4.78 is 5.64. The van der Waals surface area contributed by atoms with Gasteiger partial charge in [-0.25, -0.2) is 0 Å². The van der Waals surface area contributed by atoms with E-state index in [1.165, 1.54) is 24.8 Å². The first-order valence-corrected chi connectivity index (χ1v) is 10.5. The molecule has 1 aliphatic carbocycles. The Kier molecular flexibility index (Phi) is 4.79. The molecule has 3 aromatic rings. The third-order valence-corrected chi connectivity index (χ3v) is 6.35. The molecule has 0 unspecified atom stereocenters. The quantitative estimate of drug-likeness (QED) is 0.692. The molecule has 0 bridgehead atoms. The van der Waals surface area contributed by atoms with E-state index in [0.29, 0.717) is 24.8 Å². The van der Waals surface area contributed by atoms with Crippen molar-refractivity contribution in [2.24, 2.45) is 5.92 Å². The highest BCUT2D eigenvalue weighted by Gasteiger charge is 2.32. The zero-order valence-electron chi connectivity index (χ0n) is 16.4. The standard InChI is InChI=1S/C23H25N3O3/c27-23(28)17-13-26(14-17)12-16-10-11-20(19-9-5-4-8-18(16)19)21-24-22(29-25-21)15-6-2-1-3-7-15/h4-5,8-11,15,17H,1-3,6-7,12-14H2,(H,27,28). The fourth-order valence-corrected chi connectivity index (χ4v) is 4.65. The molecule has 0 radical (unpaired) electrons. The molecule has 29 heavy (non-hydrogen) atoms. The molecule has 6 heteroatoms. The van der Waals surface area contributed by atoms with Crippen molar-refractivity contribution < 1.29 is 14.4 Å². The van der Waals surface area contributed by atoms with Crippen LogP contribution in [-0.2, 0) is 11.3 Å². The van der Waals surface area contributed by atoms with Crippen molar-refractivity contribution in [1.29, 1.82) is 0 Å². The number of carbonyl (C=O) groups is 1. The lowest BCUT2D eigenvalue weighted by Gasteiger charge is -2.36. The average molecular weight is 391 g/mol. The van der Waals surface area contributed by atoms with Crippen LogP contribution in [0.5, 0.6) is 0 Å². The Morgan fingerprint density at radius 1 is 1.07 bits per heavy atom. The van der Waals surface area contributed by atoms with Gasteiger partial charge in [-0.1, -0.05) is 60.8 Å². The highest BCUT2D eigenvalue weighted by molar-refractivity contribution is 5.97. The fraction of sp³-hybridized carbons (Fsp3) is 0.435. The van der Waals surface area contributed by atoms with Crippen molar-refractivity contribution in [2.75, 3.05) is 13.1 Å². The molecule has 1 saturated carbocycles. The van der Waals surface area contributed by atoms with Gasteiger partial charge in [-0.15, -0.1) is 0 Å². The van der Waals surface area contributed by atoms with E-state index in [1.54, 1.807) is 0 Å². The molecule has 1 aromatic heterocycles. The van der Waals surface area contributed by atoms with E-state index in [1.807, 2.05) is 12.1 Å². The van der Waals surface area contributed by atoms with Gasteiger partial charge in [0, 0.05) is 31.1 Å². The van der Waals surface area contributed by atoms with Gasteiger partial charge in [0.15, 0.2) is 0 Å². The van der Waals surface area contributed by atoms with Gasteiger partial charge in [0.1, 0.15) is 0 Å². The monoisotopic (exact) mass is 391 g/mol. The van der Waals surface area contributed by atoms with E-state index in [0.717, 1.165) is 41.6 Å². The Hall–Kier alpha value is -2.73. The SMILES string of the molecule is O=C(O)C1CN(Cc2ccc(-c3noc(C4CCCCC4)n3)c3ccccc23)C1. The van der Waals surface area contributed by atoms with E-state index < -0.39 is 5.97 Å². The molecular formula is C23H25N3O3. The van der Waals surface area contributed by atoms with Crippen molar-refractivity contribution >= 4 is 16.7 Å². The van der Waals surface area contributed by atoms with Crippen LogP contribution in [0.1, 0.15) is 49.5 Å². The zero-order chi connectivity index (χ0) is 19.8. The number of likely N-dealkylation sites (tertiary alicyclic amines) is 1. The molecule has 2 heterocycles. The van der Waals surface area contributed by atoms with Crippen molar-refractivity contribution in [3.63, 3.8) is 0 Å². The smallest absolute Gasteiger partial charge is 0.309 e. The van der Waals surface area contributed by atoms with Crippen LogP contribution in [0.4, 0.5) is 0 Å².